The van der Waals surface area contributed by atoms with Crippen LogP contribution in [0, 0.1) is 6.92 Å². The summed E-state index contributed by atoms with van der Waals surface area (Å²) in [6.07, 6.45) is 7.31. The second-order valence-corrected chi connectivity index (χ2v) is 5.33. The highest BCUT2D eigenvalue weighted by atomic mass is 32.1. The van der Waals surface area contributed by atoms with Crippen LogP contribution in [0.15, 0.2) is 17.8 Å². The van der Waals surface area contributed by atoms with Gasteiger partial charge in [0.05, 0.1) is 10.7 Å². The molecule has 0 amide bonds. The van der Waals surface area contributed by atoms with Crippen LogP contribution in [0.25, 0.3) is 0 Å². The fourth-order valence-corrected chi connectivity index (χ4v) is 2.44. The number of imidazole rings is 1. The van der Waals surface area contributed by atoms with Gasteiger partial charge < -0.3 is 9.88 Å². The minimum Gasteiger partial charge on any atom is -0.356 e. The highest BCUT2D eigenvalue weighted by molar-refractivity contribution is 7.09. The van der Waals surface area contributed by atoms with Gasteiger partial charge in [-0.15, -0.1) is 11.3 Å². The Morgan fingerprint density at radius 1 is 1.44 bits per heavy atom. The summed E-state index contributed by atoms with van der Waals surface area (Å²) in [6, 6.07) is 0. The maximum Gasteiger partial charge on any atom is 0.203 e. The first-order chi connectivity index (χ1) is 8.79. The third-order valence-corrected chi connectivity index (χ3v) is 3.60. The van der Waals surface area contributed by atoms with Gasteiger partial charge in [-0.2, -0.15) is 0 Å². The van der Waals surface area contributed by atoms with E-state index >= 15 is 0 Å². The monoisotopic (exact) mass is 264 g/mol. The third-order valence-electron chi connectivity index (χ3n) is 2.76. The maximum absolute atomic E-state index is 4.52. The summed E-state index contributed by atoms with van der Waals surface area (Å²) in [5.41, 5.74) is 1.06. The quantitative estimate of drug-likeness (QED) is 0.781. The first-order valence-corrected chi connectivity index (χ1v) is 7.33. The molecule has 18 heavy (non-hydrogen) atoms. The topological polar surface area (TPSA) is 42.7 Å². The molecule has 0 aliphatic carbocycles. The fraction of sp³-hybridized carbons (Fsp3) is 0.538. The van der Waals surface area contributed by atoms with Crippen LogP contribution in [0.3, 0.4) is 0 Å². The van der Waals surface area contributed by atoms with E-state index in [0.717, 1.165) is 31.2 Å². The molecule has 98 valence electrons. The number of hydrogen-bond acceptors (Lipinski definition) is 4. The molecule has 5 heteroatoms. The summed E-state index contributed by atoms with van der Waals surface area (Å²) < 4.78 is 2.19. The Hall–Kier alpha value is -1.36. The molecule has 0 saturated carbocycles. The number of hydrogen-bond donors (Lipinski definition) is 1. The minimum atomic E-state index is 0.933. The van der Waals surface area contributed by atoms with E-state index in [9.17, 15) is 0 Å². The number of unbranched alkanes of at least 4 members (excludes halogenated alkanes) is 1. The Bertz CT molecular complexity index is 461. The lowest BCUT2D eigenvalue weighted by molar-refractivity contribution is 0.692. The zero-order valence-electron chi connectivity index (χ0n) is 11.0. The maximum atomic E-state index is 4.52. The van der Waals surface area contributed by atoms with Crippen molar-refractivity contribution in [3.8, 4) is 0 Å². The van der Waals surface area contributed by atoms with Crippen LogP contribution in [0.5, 0.6) is 0 Å². The first kappa shape index (κ1) is 13.1. The van der Waals surface area contributed by atoms with Crippen molar-refractivity contribution in [2.45, 2.75) is 39.7 Å². The van der Waals surface area contributed by atoms with Gasteiger partial charge in [-0.25, -0.2) is 9.97 Å². The smallest absolute Gasteiger partial charge is 0.203 e. The predicted molar refractivity (Wildman–Crippen MR) is 76.2 cm³/mol. The molecule has 0 radical (unpaired) electrons. The zero-order chi connectivity index (χ0) is 12.8. The summed E-state index contributed by atoms with van der Waals surface area (Å²) in [5, 5.41) is 6.60. The third kappa shape index (κ3) is 3.57. The molecule has 0 bridgehead atoms. The molecule has 0 atom stereocenters. The van der Waals surface area contributed by atoms with E-state index in [-0.39, 0.29) is 0 Å². The van der Waals surface area contributed by atoms with E-state index in [1.165, 1.54) is 17.8 Å². The van der Waals surface area contributed by atoms with Crippen molar-refractivity contribution in [1.82, 2.24) is 14.5 Å². The molecule has 0 aliphatic rings. The molecule has 2 aromatic heterocycles. The molecular weight excluding hydrogens is 244 g/mol. The van der Waals surface area contributed by atoms with Gasteiger partial charge in [0.15, 0.2) is 0 Å². The largest absolute Gasteiger partial charge is 0.356 e. The first-order valence-electron chi connectivity index (χ1n) is 6.45. The van der Waals surface area contributed by atoms with Crippen molar-refractivity contribution >= 4 is 17.3 Å². The average Bonchev–Trinajstić information content (AvgIpc) is 2.97. The van der Waals surface area contributed by atoms with Gasteiger partial charge in [0.2, 0.25) is 5.95 Å². The van der Waals surface area contributed by atoms with Crippen molar-refractivity contribution in [3.05, 3.63) is 28.5 Å². The van der Waals surface area contributed by atoms with Gasteiger partial charge in [-0.3, -0.25) is 0 Å². The average molecular weight is 264 g/mol. The number of nitrogens with one attached hydrogen (secondary N) is 1. The summed E-state index contributed by atoms with van der Waals surface area (Å²) in [6.45, 7) is 6.15. The van der Waals surface area contributed by atoms with E-state index < -0.39 is 0 Å². The summed E-state index contributed by atoms with van der Waals surface area (Å²) in [5.74, 6) is 0.984. The number of anilines is 1. The van der Waals surface area contributed by atoms with Crippen molar-refractivity contribution in [3.63, 3.8) is 0 Å². The number of thiazole rings is 1. The Morgan fingerprint density at radius 3 is 3.06 bits per heavy atom. The Kier molecular flexibility index (Phi) is 4.75. The number of nitrogens with zero attached hydrogens (tertiary/aromatic N) is 3. The second-order valence-electron chi connectivity index (χ2n) is 4.36. The zero-order valence-corrected chi connectivity index (χ0v) is 11.8. The van der Waals surface area contributed by atoms with Crippen LogP contribution in [-0.4, -0.2) is 21.1 Å². The van der Waals surface area contributed by atoms with Crippen LogP contribution in [0.4, 0.5) is 5.95 Å². The Morgan fingerprint density at radius 2 is 2.33 bits per heavy atom. The highest BCUT2D eigenvalue weighted by Crippen LogP contribution is 2.12. The van der Waals surface area contributed by atoms with Gasteiger partial charge >= 0.3 is 0 Å². The fourth-order valence-electron chi connectivity index (χ4n) is 1.83. The van der Waals surface area contributed by atoms with Crippen LogP contribution in [0.2, 0.25) is 0 Å². The molecule has 2 rings (SSSR count). The normalized spacial score (nSPS) is 10.8. The summed E-state index contributed by atoms with van der Waals surface area (Å²) >= 11 is 1.71. The standard InChI is InChI=1S/C13H20N4S/c1-3-4-6-15-13-16-11(2)10-17(13)8-5-12-14-7-9-18-12/h7,9-10H,3-6,8H2,1-2H3,(H,15,16). The SMILES string of the molecule is CCCCNc1nc(C)cn1CCc1nccs1. The molecule has 0 unspecified atom stereocenters. The van der Waals surface area contributed by atoms with E-state index in [4.69, 9.17) is 0 Å². The molecule has 0 aromatic carbocycles. The molecule has 2 heterocycles. The molecule has 0 saturated heterocycles. The Labute approximate surface area is 112 Å². The van der Waals surface area contributed by atoms with E-state index in [1.54, 1.807) is 11.3 Å². The van der Waals surface area contributed by atoms with Crippen molar-refractivity contribution in [2.75, 3.05) is 11.9 Å². The lowest BCUT2D eigenvalue weighted by Gasteiger charge is -2.08. The van der Waals surface area contributed by atoms with Gasteiger partial charge in [-0.1, -0.05) is 13.3 Å². The molecular formula is C13H20N4S. The summed E-state index contributed by atoms with van der Waals surface area (Å²) in [4.78, 5) is 8.82. The Balaban J connectivity index is 1.93. The van der Waals surface area contributed by atoms with E-state index in [2.05, 4.69) is 33.0 Å². The molecule has 0 aliphatic heterocycles. The minimum absolute atomic E-state index is 0.933. The molecule has 0 spiro atoms. The molecule has 0 fully saturated rings. The van der Waals surface area contributed by atoms with E-state index in [0.29, 0.717) is 0 Å². The molecule has 4 nitrogen and oxygen atoms in total. The van der Waals surface area contributed by atoms with E-state index in [1.807, 2.05) is 18.5 Å². The summed E-state index contributed by atoms with van der Waals surface area (Å²) in [7, 11) is 0. The van der Waals surface area contributed by atoms with Gasteiger partial charge in [0.25, 0.3) is 0 Å². The molecule has 2 aromatic rings. The number of aromatic nitrogens is 3. The lowest BCUT2D eigenvalue weighted by Crippen LogP contribution is -2.09. The second kappa shape index (κ2) is 6.54. The van der Waals surface area contributed by atoms with Crippen molar-refractivity contribution in [2.24, 2.45) is 0 Å². The number of rotatable bonds is 7. The van der Waals surface area contributed by atoms with Crippen molar-refractivity contribution < 1.29 is 0 Å². The van der Waals surface area contributed by atoms with Crippen molar-refractivity contribution in [1.29, 1.82) is 0 Å². The predicted octanol–water partition coefficient (Wildman–Crippen LogP) is 3.10. The lowest BCUT2D eigenvalue weighted by atomic mass is 10.3. The van der Waals surface area contributed by atoms with Crippen LogP contribution in [0.1, 0.15) is 30.5 Å². The molecule has 1 N–H and O–H groups in total. The van der Waals surface area contributed by atoms with Crippen LogP contribution >= 0.6 is 11.3 Å². The number of aryl methyl sites for hydroxylation is 3. The highest BCUT2D eigenvalue weighted by Gasteiger charge is 2.05. The van der Waals surface area contributed by atoms with Crippen LogP contribution in [-0.2, 0) is 13.0 Å². The van der Waals surface area contributed by atoms with Crippen LogP contribution < -0.4 is 5.32 Å². The van der Waals surface area contributed by atoms with Gasteiger partial charge in [0, 0.05) is 37.3 Å². The van der Waals surface area contributed by atoms with Gasteiger partial charge in [0.1, 0.15) is 0 Å². The van der Waals surface area contributed by atoms with Gasteiger partial charge in [-0.05, 0) is 13.3 Å².